The number of carbonyl (C=O) groups excluding carboxylic acids is 1. The summed E-state index contributed by atoms with van der Waals surface area (Å²) < 4.78 is 16.2. The van der Waals surface area contributed by atoms with E-state index < -0.39 is 26.7 Å². The van der Waals surface area contributed by atoms with Crippen molar-refractivity contribution in [1.29, 1.82) is 0 Å². The lowest BCUT2D eigenvalue weighted by molar-refractivity contribution is 0.00770. The van der Waals surface area contributed by atoms with Gasteiger partial charge in [0.15, 0.2) is 14.4 Å². The predicted molar refractivity (Wildman–Crippen MR) is 84.4 cm³/mol. The second-order valence-electron chi connectivity index (χ2n) is 6.08. The maximum Gasteiger partial charge on any atom is 0.508 e. The Bertz CT molecular complexity index is 344. The first-order valence-corrected chi connectivity index (χ1v) is 9.76. The lowest BCUT2D eigenvalue weighted by Crippen LogP contribution is -2.46. The van der Waals surface area contributed by atoms with Gasteiger partial charge in [-0.05, 0) is 31.1 Å². The lowest BCUT2D eigenvalue weighted by atomic mass is 10.2. The topological polar surface area (TPSA) is 44.8 Å². The quantitative estimate of drug-likeness (QED) is 0.400. The van der Waals surface area contributed by atoms with Crippen molar-refractivity contribution in [3.8, 4) is 0 Å². The fourth-order valence-corrected chi connectivity index (χ4v) is 2.54. The van der Waals surface area contributed by atoms with Crippen molar-refractivity contribution in [3.63, 3.8) is 0 Å². The first-order chi connectivity index (χ1) is 9.09. The van der Waals surface area contributed by atoms with Gasteiger partial charge in [-0.15, -0.1) is 6.58 Å². The summed E-state index contributed by atoms with van der Waals surface area (Å²) in [4.78, 5) is 11.4. The summed E-state index contributed by atoms with van der Waals surface area (Å²) in [7, 11) is -1.99. The highest BCUT2D eigenvalue weighted by atomic mass is 28.4. The monoisotopic (exact) mass is 300 g/mol. The summed E-state index contributed by atoms with van der Waals surface area (Å²) in [5.41, 5.74) is 0. The van der Waals surface area contributed by atoms with Crippen molar-refractivity contribution < 1.29 is 18.7 Å². The van der Waals surface area contributed by atoms with E-state index in [1.807, 2.05) is 0 Å². The smallest absolute Gasteiger partial charge is 0.435 e. The zero-order valence-electron chi connectivity index (χ0n) is 13.6. The van der Waals surface area contributed by atoms with Gasteiger partial charge in [0.05, 0.1) is 6.61 Å². The molecule has 0 heterocycles. The Morgan fingerprint density at radius 3 is 2.05 bits per heavy atom. The Morgan fingerprint density at radius 2 is 1.70 bits per heavy atom. The molecule has 0 aromatic rings. The summed E-state index contributed by atoms with van der Waals surface area (Å²) in [5.74, 6) is 0. The van der Waals surface area contributed by atoms with Crippen molar-refractivity contribution >= 4 is 14.5 Å². The highest BCUT2D eigenvalue weighted by molar-refractivity contribution is 6.74. The van der Waals surface area contributed by atoms with Crippen LogP contribution in [0.25, 0.3) is 0 Å². The summed E-state index contributed by atoms with van der Waals surface area (Å²) in [6.45, 7) is 20.2. The third-order valence-corrected chi connectivity index (χ3v) is 7.99. The maximum atomic E-state index is 11.4. The van der Waals surface area contributed by atoms with E-state index in [0.717, 1.165) is 0 Å². The largest absolute Gasteiger partial charge is 0.508 e. The van der Waals surface area contributed by atoms with Crippen LogP contribution in [0.4, 0.5) is 4.79 Å². The average molecular weight is 300 g/mol. The Hall–Kier alpha value is -1.07. The van der Waals surface area contributed by atoms with Gasteiger partial charge in [0.25, 0.3) is 0 Å². The molecule has 20 heavy (non-hydrogen) atoms. The fourth-order valence-electron chi connectivity index (χ4n) is 1.28. The number of carbonyl (C=O) groups is 1. The van der Waals surface area contributed by atoms with Gasteiger partial charge in [0, 0.05) is 0 Å². The van der Waals surface area contributed by atoms with Crippen LogP contribution >= 0.6 is 0 Å². The van der Waals surface area contributed by atoms with Crippen LogP contribution in [0.3, 0.4) is 0 Å². The van der Waals surface area contributed by atoms with Gasteiger partial charge < -0.3 is 13.9 Å². The van der Waals surface area contributed by atoms with Crippen molar-refractivity contribution in [3.05, 3.63) is 25.3 Å². The first kappa shape index (κ1) is 18.9. The lowest BCUT2D eigenvalue weighted by Gasteiger charge is -2.39. The van der Waals surface area contributed by atoms with E-state index >= 15 is 0 Å². The van der Waals surface area contributed by atoms with Crippen LogP contribution in [0.15, 0.2) is 25.3 Å². The Balaban J connectivity index is 4.91. The molecule has 0 saturated carbocycles. The molecule has 0 spiro atoms. The minimum absolute atomic E-state index is 0.0594. The number of ether oxygens (including phenoxy) is 2. The van der Waals surface area contributed by atoms with Crippen molar-refractivity contribution in [1.82, 2.24) is 0 Å². The normalized spacial score (nSPS) is 15.1. The molecule has 5 heteroatoms. The molecule has 0 unspecified atom stereocenters. The standard InChI is InChI=1S/C15H28O4Si/c1-9-12(18-14(16)17-11-3)13(10-2)19-20(7,8)15(4,5)6/h9-10,12-13H,1-2,11H2,3-8H3/t12-,13-/m1/s1. The van der Waals surface area contributed by atoms with Crippen molar-refractivity contribution in [2.75, 3.05) is 6.61 Å². The second-order valence-corrected chi connectivity index (χ2v) is 10.8. The molecule has 2 atom stereocenters. The van der Waals surface area contributed by atoms with E-state index in [4.69, 9.17) is 13.9 Å². The van der Waals surface area contributed by atoms with E-state index in [2.05, 4.69) is 47.0 Å². The van der Waals surface area contributed by atoms with Crippen molar-refractivity contribution in [2.45, 2.75) is 58.0 Å². The minimum atomic E-state index is -1.99. The Morgan fingerprint density at radius 1 is 1.20 bits per heavy atom. The van der Waals surface area contributed by atoms with Crippen LogP contribution < -0.4 is 0 Å². The summed E-state index contributed by atoms with van der Waals surface area (Å²) in [5, 5.41) is 0.0594. The van der Waals surface area contributed by atoms with Crippen LogP contribution in [0.5, 0.6) is 0 Å². The molecule has 0 fully saturated rings. The highest BCUT2D eigenvalue weighted by Gasteiger charge is 2.40. The van der Waals surface area contributed by atoms with Crippen LogP contribution in [0.2, 0.25) is 18.1 Å². The SMILES string of the molecule is C=C[C@@H](OC(=O)OCC)[C@@H](C=C)O[Si](C)(C)C(C)(C)C. The molecule has 0 aliphatic carbocycles. The highest BCUT2D eigenvalue weighted by Crippen LogP contribution is 2.38. The number of hydrogen-bond acceptors (Lipinski definition) is 4. The molecule has 0 aliphatic heterocycles. The average Bonchev–Trinajstić information content (AvgIpc) is 2.32. The van der Waals surface area contributed by atoms with Gasteiger partial charge in [-0.25, -0.2) is 4.79 Å². The van der Waals surface area contributed by atoms with Crippen LogP contribution in [0, 0.1) is 0 Å². The van der Waals surface area contributed by atoms with Gasteiger partial charge in [-0.1, -0.05) is 33.4 Å². The summed E-state index contributed by atoms with van der Waals surface area (Å²) in [6, 6.07) is 0. The van der Waals surface area contributed by atoms with Gasteiger partial charge in [0.1, 0.15) is 6.10 Å². The summed E-state index contributed by atoms with van der Waals surface area (Å²) >= 11 is 0. The number of rotatable bonds is 7. The van der Waals surface area contributed by atoms with Gasteiger partial charge in [-0.2, -0.15) is 0 Å². The predicted octanol–water partition coefficient (Wildman–Crippen LogP) is 4.29. The van der Waals surface area contributed by atoms with E-state index in [1.165, 1.54) is 6.08 Å². The third kappa shape index (κ3) is 5.51. The summed E-state index contributed by atoms with van der Waals surface area (Å²) in [6.07, 6.45) is 1.45. The third-order valence-electron chi connectivity index (χ3n) is 3.52. The Kier molecular flexibility index (Phi) is 7.23. The van der Waals surface area contributed by atoms with Crippen LogP contribution in [-0.2, 0) is 13.9 Å². The van der Waals surface area contributed by atoms with Crippen LogP contribution in [0.1, 0.15) is 27.7 Å². The molecule has 116 valence electrons. The molecule has 0 aromatic heterocycles. The van der Waals surface area contributed by atoms with Gasteiger partial charge in [0.2, 0.25) is 0 Å². The molecule has 0 N–H and O–H groups in total. The molecule has 0 saturated heterocycles. The van der Waals surface area contributed by atoms with E-state index in [1.54, 1.807) is 13.0 Å². The van der Waals surface area contributed by atoms with Crippen molar-refractivity contribution in [2.24, 2.45) is 0 Å². The second kappa shape index (κ2) is 7.64. The molecule has 0 aliphatic rings. The molecular weight excluding hydrogens is 272 g/mol. The molecule has 0 rings (SSSR count). The van der Waals surface area contributed by atoms with E-state index in [-0.39, 0.29) is 11.6 Å². The maximum absolute atomic E-state index is 11.4. The minimum Gasteiger partial charge on any atom is -0.435 e. The van der Waals surface area contributed by atoms with Gasteiger partial charge in [-0.3, -0.25) is 0 Å². The molecule has 0 radical (unpaired) electrons. The van der Waals surface area contributed by atoms with Crippen LogP contribution in [-0.4, -0.2) is 33.3 Å². The zero-order valence-corrected chi connectivity index (χ0v) is 14.6. The number of hydrogen-bond donors (Lipinski definition) is 0. The molecule has 4 nitrogen and oxygen atoms in total. The molecular formula is C15H28O4Si. The Labute approximate surface area is 123 Å². The van der Waals surface area contributed by atoms with E-state index in [0.29, 0.717) is 0 Å². The zero-order chi connectivity index (χ0) is 16.0. The molecule has 0 bridgehead atoms. The fraction of sp³-hybridized carbons (Fsp3) is 0.667. The molecule has 0 aromatic carbocycles. The first-order valence-electron chi connectivity index (χ1n) is 6.85. The van der Waals surface area contributed by atoms with E-state index in [9.17, 15) is 4.79 Å². The molecule has 0 amide bonds. The van der Waals surface area contributed by atoms with Gasteiger partial charge >= 0.3 is 6.16 Å².